The van der Waals surface area contributed by atoms with E-state index in [0.29, 0.717) is 5.56 Å². The van der Waals surface area contributed by atoms with E-state index >= 15 is 0 Å². The first-order valence-electron chi connectivity index (χ1n) is 7.01. The van der Waals surface area contributed by atoms with Crippen molar-refractivity contribution in [1.82, 2.24) is 5.32 Å². The van der Waals surface area contributed by atoms with Crippen molar-refractivity contribution < 1.29 is 9.90 Å². The Balaban J connectivity index is 2.11. The molecule has 0 aliphatic heterocycles. The average Bonchev–Trinajstić information content (AvgIpc) is 2.53. The normalized spacial score (nSPS) is 11.7. The third-order valence-corrected chi connectivity index (χ3v) is 3.42. The van der Waals surface area contributed by atoms with Crippen LogP contribution in [0.5, 0.6) is 5.75 Å². The summed E-state index contributed by atoms with van der Waals surface area (Å²) in [6.45, 7) is 2.10. The number of nitrogens with one attached hydrogen (secondary N) is 2. The molecule has 2 aromatic carbocycles. The maximum absolute atomic E-state index is 11.5. The number of phenolic OH excluding ortho intramolecular Hbond substituents is 1. The largest absolute Gasteiger partial charge is 0.508 e. The van der Waals surface area contributed by atoms with Crippen molar-refractivity contribution in [2.75, 3.05) is 12.4 Å². The van der Waals surface area contributed by atoms with E-state index in [1.165, 1.54) is 0 Å². The monoisotopic (exact) mass is 284 g/mol. The second kappa shape index (κ2) is 6.79. The fraction of sp³-hybridized carbons (Fsp3) is 0.235. The van der Waals surface area contributed by atoms with Crippen LogP contribution in [0.3, 0.4) is 0 Å². The summed E-state index contributed by atoms with van der Waals surface area (Å²) >= 11 is 0. The average molecular weight is 284 g/mol. The van der Waals surface area contributed by atoms with Crippen LogP contribution in [0.25, 0.3) is 0 Å². The maximum atomic E-state index is 11.5. The zero-order valence-corrected chi connectivity index (χ0v) is 12.3. The zero-order valence-electron chi connectivity index (χ0n) is 12.3. The van der Waals surface area contributed by atoms with Gasteiger partial charge in [-0.3, -0.25) is 4.79 Å². The molecule has 0 aliphatic rings. The van der Waals surface area contributed by atoms with E-state index in [4.69, 9.17) is 0 Å². The number of phenols is 1. The van der Waals surface area contributed by atoms with Gasteiger partial charge in [0, 0.05) is 18.3 Å². The fourth-order valence-electron chi connectivity index (χ4n) is 2.19. The van der Waals surface area contributed by atoms with Crippen molar-refractivity contribution in [3.8, 4) is 5.75 Å². The minimum atomic E-state index is -0.0906. The molecule has 0 radical (unpaired) electrons. The molecule has 0 fully saturated rings. The predicted molar refractivity (Wildman–Crippen MR) is 84.6 cm³/mol. The first-order valence-corrected chi connectivity index (χ1v) is 7.01. The lowest BCUT2D eigenvalue weighted by molar-refractivity contribution is 0.0963. The minimum absolute atomic E-state index is 0.0906. The van der Waals surface area contributed by atoms with Crippen molar-refractivity contribution >= 4 is 11.6 Å². The number of anilines is 1. The van der Waals surface area contributed by atoms with Crippen LogP contribution in [-0.2, 0) is 0 Å². The number of carbonyl (C=O) groups excluding carboxylic acids is 1. The summed E-state index contributed by atoms with van der Waals surface area (Å²) in [5, 5.41) is 15.4. The van der Waals surface area contributed by atoms with E-state index in [1.54, 1.807) is 31.3 Å². The summed E-state index contributed by atoms with van der Waals surface area (Å²) in [6.07, 6.45) is 0.919. The Morgan fingerprint density at radius 3 is 2.24 bits per heavy atom. The third-order valence-electron chi connectivity index (χ3n) is 3.42. The summed E-state index contributed by atoms with van der Waals surface area (Å²) < 4.78 is 0. The molecule has 0 bridgehead atoms. The van der Waals surface area contributed by atoms with Crippen LogP contribution in [-0.4, -0.2) is 18.1 Å². The van der Waals surface area contributed by atoms with Gasteiger partial charge in [0.25, 0.3) is 5.91 Å². The van der Waals surface area contributed by atoms with Gasteiger partial charge >= 0.3 is 0 Å². The molecule has 3 N–H and O–H groups in total. The lowest BCUT2D eigenvalue weighted by Gasteiger charge is -2.19. The molecular formula is C17H20N2O2. The second-order valence-corrected chi connectivity index (χ2v) is 4.85. The molecule has 2 rings (SSSR count). The fourth-order valence-corrected chi connectivity index (χ4v) is 2.19. The topological polar surface area (TPSA) is 61.4 Å². The van der Waals surface area contributed by atoms with Gasteiger partial charge in [0.2, 0.25) is 0 Å². The van der Waals surface area contributed by atoms with E-state index in [0.717, 1.165) is 17.7 Å². The van der Waals surface area contributed by atoms with Gasteiger partial charge in [-0.2, -0.15) is 0 Å². The van der Waals surface area contributed by atoms with Crippen LogP contribution in [0.1, 0.15) is 35.3 Å². The number of hydrogen-bond donors (Lipinski definition) is 3. The van der Waals surface area contributed by atoms with Gasteiger partial charge < -0.3 is 15.7 Å². The Kier molecular flexibility index (Phi) is 4.82. The summed E-state index contributed by atoms with van der Waals surface area (Å²) in [6, 6.07) is 14.8. The van der Waals surface area contributed by atoms with E-state index < -0.39 is 0 Å². The molecular weight excluding hydrogens is 264 g/mol. The molecule has 0 saturated carbocycles. The molecule has 1 unspecified atom stereocenters. The maximum Gasteiger partial charge on any atom is 0.251 e. The SMILES string of the molecule is CCC(Nc1ccc(C(=O)NC)cc1)c1ccc(O)cc1. The Morgan fingerprint density at radius 2 is 1.71 bits per heavy atom. The lowest BCUT2D eigenvalue weighted by atomic mass is 10.0. The van der Waals surface area contributed by atoms with Crippen LogP contribution < -0.4 is 10.6 Å². The quantitative estimate of drug-likeness (QED) is 0.789. The first kappa shape index (κ1) is 14.9. The zero-order chi connectivity index (χ0) is 15.2. The molecule has 0 aromatic heterocycles. The van der Waals surface area contributed by atoms with Gasteiger partial charge in [-0.05, 0) is 48.4 Å². The molecule has 4 nitrogen and oxygen atoms in total. The minimum Gasteiger partial charge on any atom is -0.508 e. The highest BCUT2D eigenvalue weighted by atomic mass is 16.3. The van der Waals surface area contributed by atoms with Crippen molar-refractivity contribution in [3.63, 3.8) is 0 Å². The van der Waals surface area contributed by atoms with Crippen molar-refractivity contribution in [3.05, 3.63) is 59.7 Å². The van der Waals surface area contributed by atoms with Gasteiger partial charge in [0.15, 0.2) is 0 Å². The van der Waals surface area contributed by atoms with Gasteiger partial charge in [0.05, 0.1) is 6.04 Å². The van der Waals surface area contributed by atoms with Crippen molar-refractivity contribution in [1.29, 1.82) is 0 Å². The van der Waals surface area contributed by atoms with Crippen LogP contribution in [0, 0.1) is 0 Å². The molecule has 1 amide bonds. The summed E-state index contributed by atoms with van der Waals surface area (Å²) in [7, 11) is 1.62. The van der Waals surface area contributed by atoms with Crippen LogP contribution in [0.4, 0.5) is 5.69 Å². The van der Waals surface area contributed by atoms with Crippen molar-refractivity contribution in [2.24, 2.45) is 0 Å². The predicted octanol–water partition coefficient (Wildman–Crippen LogP) is 3.32. The van der Waals surface area contributed by atoms with E-state index in [-0.39, 0.29) is 17.7 Å². The van der Waals surface area contributed by atoms with Gasteiger partial charge in [-0.25, -0.2) is 0 Å². The van der Waals surface area contributed by atoms with Crippen LogP contribution in [0.2, 0.25) is 0 Å². The summed E-state index contributed by atoms with van der Waals surface area (Å²) in [5.74, 6) is 0.177. The smallest absolute Gasteiger partial charge is 0.251 e. The second-order valence-electron chi connectivity index (χ2n) is 4.85. The van der Waals surface area contributed by atoms with Gasteiger partial charge in [-0.1, -0.05) is 19.1 Å². The molecule has 0 saturated heterocycles. The number of rotatable bonds is 5. The Labute approximate surface area is 124 Å². The molecule has 0 heterocycles. The molecule has 2 aromatic rings. The first-order chi connectivity index (χ1) is 10.1. The standard InChI is InChI=1S/C17H20N2O2/c1-3-16(12-6-10-15(20)11-7-12)19-14-8-4-13(5-9-14)17(21)18-2/h4-11,16,19-20H,3H2,1-2H3,(H,18,21). The highest BCUT2D eigenvalue weighted by Crippen LogP contribution is 2.24. The Hall–Kier alpha value is -2.49. The Morgan fingerprint density at radius 1 is 1.10 bits per heavy atom. The molecule has 0 spiro atoms. The van der Waals surface area contributed by atoms with E-state index in [1.807, 2.05) is 24.3 Å². The number of hydrogen-bond acceptors (Lipinski definition) is 3. The lowest BCUT2D eigenvalue weighted by Crippen LogP contribution is -2.17. The Bertz CT molecular complexity index is 591. The molecule has 0 aliphatic carbocycles. The molecule has 21 heavy (non-hydrogen) atoms. The van der Waals surface area contributed by atoms with Gasteiger partial charge in [-0.15, -0.1) is 0 Å². The number of carbonyl (C=O) groups is 1. The molecule has 4 heteroatoms. The van der Waals surface area contributed by atoms with E-state index in [9.17, 15) is 9.90 Å². The van der Waals surface area contributed by atoms with Crippen molar-refractivity contribution in [2.45, 2.75) is 19.4 Å². The number of amides is 1. The highest BCUT2D eigenvalue weighted by Gasteiger charge is 2.09. The van der Waals surface area contributed by atoms with E-state index in [2.05, 4.69) is 17.6 Å². The number of aromatic hydroxyl groups is 1. The molecule has 1 atom stereocenters. The third kappa shape index (κ3) is 3.75. The molecule has 110 valence electrons. The summed E-state index contributed by atoms with van der Waals surface area (Å²) in [5.41, 5.74) is 2.72. The highest BCUT2D eigenvalue weighted by molar-refractivity contribution is 5.94. The van der Waals surface area contributed by atoms with Gasteiger partial charge in [0.1, 0.15) is 5.75 Å². The van der Waals surface area contributed by atoms with Crippen LogP contribution >= 0.6 is 0 Å². The summed E-state index contributed by atoms with van der Waals surface area (Å²) in [4.78, 5) is 11.5. The number of benzene rings is 2. The van der Waals surface area contributed by atoms with Crippen LogP contribution in [0.15, 0.2) is 48.5 Å².